The first kappa shape index (κ1) is 25.7. The lowest BCUT2D eigenvalue weighted by molar-refractivity contribution is -0.253. The second-order valence-corrected chi connectivity index (χ2v) is 7.58. The summed E-state index contributed by atoms with van der Waals surface area (Å²) in [6.07, 6.45) is -11.2. The molecule has 1 aliphatic rings. The van der Waals surface area contributed by atoms with Gasteiger partial charge in [-0.3, -0.25) is 9.59 Å². The number of rotatable bonds is 6. The van der Waals surface area contributed by atoms with Gasteiger partial charge in [-0.05, 0) is 6.07 Å². The fourth-order valence-corrected chi connectivity index (χ4v) is 3.59. The molecule has 1 aromatic heterocycles. The second kappa shape index (κ2) is 9.76. The summed E-state index contributed by atoms with van der Waals surface area (Å²) in [7, 11) is 2.50. The summed E-state index contributed by atoms with van der Waals surface area (Å²) in [4.78, 5) is 24.3. The number of pyridine rings is 1. The minimum Gasteiger partial charge on any atom is -0.493 e. The molecule has 188 valence electrons. The van der Waals surface area contributed by atoms with Crippen LogP contribution in [0.4, 0.5) is 13.2 Å². The van der Waals surface area contributed by atoms with E-state index in [1.54, 1.807) is 0 Å². The molecule has 0 spiro atoms. The van der Waals surface area contributed by atoms with E-state index in [1.807, 2.05) is 0 Å². The zero-order chi connectivity index (χ0) is 25.4. The van der Waals surface area contributed by atoms with E-state index in [2.05, 4.69) is 5.32 Å². The number of carbonyl (C=O) groups is 1. The van der Waals surface area contributed by atoms with Gasteiger partial charge in [0.2, 0.25) is 0 Å². The second-order valence-electron chi connectivity index (χ2n) is 7.58. The molecule has 0 radical (unpaired) electrons. The number of nitrogens with zero attached hydrogens (tertiary/aromatic N) is 1. The first-order valence-corrected chi connectivity index (χ1v) is 9.90. The number of amides is 1. The van der Waals surface area contributed by atoms with Crippen LogP contribution in [-0.2, 0) is 22.8 Å². The number of hydrogen-bond donors (Lipinski definition) is 5. The van der Waals surface area contributed by atoms with Gasteiger partial charge in [0.05, 0.1) is 24.8 Å². The minimum absolute atomic E-state index is 0.0584. The Labute approximate surface area is 189 Å². The fraction of sp³-hybridized carbons (Fsp3) is 0.500. The average Bonchev–Trinajstić information content (AvgIpc) is 2.78. The Hall–Kier alpha value is -2.91. The lowest BCUT2D eigenvalue weighted by Gasteiger charge is -2.40. The van der Waals surface area contributed by atoms with E-state index >= 15 is 0 Å². The third kappa shape index (κ3) is 4.95. The van der Waals surface area contributed by atoms with Gasteiger partial charge in [0, 0.05) is 24.6 Å². The lowest BCUT2D eigenvalue weighted by Crippen LogP contribution is -2.64. The van der Waals surface area contributed by atoms with Crippen LogP contribution in [0.5, 0.6) is 11.5 Å². The third-order valence-electron chi connectivity index (χ3n) is 5.42. The molecule has 11 nitrogen and oxygen atoms in total. The number of halogens is 3. The third-order valence-corrected chi connectivity index (χ3v) is 5.42. The van der Waals surface area contributed by atoms with Crippen LogP contribution in [0, 0.1) is 0 Å². The van der Waals surface area contributed by atoms with Crippen molar-refractivity contribution in [2.24, 2.45) is 7.05 Å². The zero-order valence-corrected chi connectivity index (χ0v) is 17.9. The van der Waals surface area contributed by atoms with Gasteiger partial charge >= 0.3 is 6.18 Å². The molecule has 5 atom stereocenters. The normalized spacial score (nSPS) is 25.3. The number of methoxy groups -OCH3 is 1. The number of nitrogens with one attached hydrogen (secondary N) is 1. The van der Waals surface area contributed by atoms with Crippen LogP contribution in [0.2, 0.25) is 0 Å². The lowest BCUT2D eigenvalue weighted by atomic mass is 9.97. The van der Waals surface area contributed by atoms with Crippen molar-refractivity contribution in [3.05, 3.63) is 34.1 Å². The van der Waals surface area contributed by atoms with Crippen molar-refractivity contribution >= 4 is 16.8 Å². The van der Waals surface area contributed by atoms with Crippen molar-refractivity contribution in [1.82, 2.24) is 9.88 Å². The molecule has 2 heterocycles. The largest absolute Gasteiger partial charge is 0.493 e. The van der Waals surface area contributed by atoms with Crippen molar-refractivity contribution in [2.75, 3.05) is 20.3 Å². The van der Waals surface area contributed by atoms with Gasteiger partial charge < -0.3 is 44.5 Å². The number of alkyl halides is 3. The quantitative estimate of drug-likeness (QED) is 0.336. The van der Waals surface area contributed by atoms with Gasteiger partial charge in [-0.1, -0.05) is 0 Å². The maximum atomic E-state index is 13.5. The summed E-state index contributed by atoms with van der Waals surface area (Å²) >= 11 is 0. The van der Waals surface area contributed by atoms with Crippen molar-refractivity contribution in [3.8, 4) is 11.5 Å². The van der Waals surface area contributed by atoms with E-state index in [-0.39, 0.29) is 22.4 Å². The Morgan fingerprint density at radius 1 is 1.18 bits per heavy atom. The van der Waals surface area contributed by atoms with Crippen LogP contribution in [0.3, 0.4) is 0 Å². The highest BCUT2D eigenvalue weighted by Gasteiger charge is 2.44. The Kier molecular flexibility index (Phi) is 7.38. The van der Waals surface area contributed by atoms with Crippen molar-refractivity contribution in [3.63, 3.8) is 0 Å². The number of benzene rings is 1. The first-order valence-electron chi connectivity index (χ1n) is 9.90. The number of aliphatic hydroxyl groups is 4. The van der Waals surface area contributed by atoms with Crippen LogP contribution < -0.4 is 20.3 Å². The Balaban J connectivity index is 1.84. The number of aromatic nitrogens is 1. The van der Waals surface area contributed by atoms with Crippen molar-refractivity contribution < 1.29 is 52.6 Å². The van der Waals surface area contributed by atoms with Gasteiger partial charge in [-0.15, -0.1) is 0 Å². The molecule has 1 amide bonds. The van der Waals surface area contributed by atoms with Gasteiger partial charge in [0.1, 0.15) is 24.4 Å². The smallest absolute Gasteiger partial charge is 0.417 e. The number of aliphatic hydroxyl groups excluding tert-OH is 4. The maximum Gasteiger partial charge on any atom is 0.417 e. The fourth-order valence-electron chi connectivity index (χ4n) is 3.59. The molecule has 0 aliphatic carbocycles. The van der Waals surface area contributed by atoms with E-state index < -0.39 is 67.1 Å². The molecule has 2 aromatic rings. The number of fused-ring (bicyclic) bond motifs is 1. The SMILES string of the molecule is COc1cc2c(cc1OCC(=O)NC1C(O)OC(CO)C(O)C1O)c(C(F)(F)F)cc(=O)n2C. The van der Waals surface area contributed by atoms with E-state index in [4.69, 9.17) is 19.3 Å². The van der Waals surface area contributed by atoms with Crippen LogP contribution in [0.1, 0.15) is 5.56 Å². The standard InChI is InChI=1S/C20H23F3N2O9/c1-25-10-5-11(32-2)12(3-8(10)9(4-15(25)28)20(21,22)23)33-7-14(27)24-16-18(30)17(29)13(6-26)34-19(16)31/h3-5,13,16-19,26,29-31H,6-7H2,1-2H3,(H,24,27). The van der Waals surface area contributed by atoms with Crippen molar-refractivity contribution in [2.45, 2.75) is 36.8 Å². The number of hydrogen-bond acceptors (Lipinski definition) is 9. The van der Waals surface area contributed by atoms with Crippen LogP contribution >= 0.6 is 0 Å². The summed E-state index contributed by atoms with van der Waals surface area (Å²) in [6.45, 7) is -1.46. The van der Waals surface area contributed by atoms with Gasteiger partial charge in [0.25, 0.3) is 11.5 Å². The molecule has 34 heavy (non-hydrogen) atoms. The van der Waals surface area contributed by atoms with E-state index in [1.165, 1.54) is 14.2 Å². The average molecular weight is 492 g/mol. The van der Waals surface area contributed by atoms with Crippen LogP contribution in [0.15, 0.2) is 23.0 Å². The Morgan fingerprint density at radius 2 is 1.85 bits per heavy atom. The molecule has 1 aliphatic heterocycles. The first-order chi connectivity index (χ1) is 15.9. The van der Waals surface area contributed by atoms with Gasteiger partial charge in [-0.25, -0.2) is 0 Å². The zero-order valence-electron chi connectivity index (χ0n) is 17.9. The Bertz CT molecular complexity index is 1120. The van der Waals surface area contributed by atoms with Crippen molar-refractivity contribution in [1.29, 1.82) is 0 Å². The van der Waals surface area contributed by atoms with Gasteiger partial charge in [0.15, 0.2) is 24.4 Å². The topological polar surface area (TPSA) is 160 Å². The summed E-state index contributed by atoms with van der Waals surface area (Å²) in [5, 5.41) is 40.8. The predicted octanol–water partition coefficient (Wildman–Crippen LogP) is -1.14. The summed E-state index contributed by atoms with van der Waals surface area (Å²) < 4.78 is 56.9. The molecule has 1 saturated heterocycles. The van der Waals surface area contributed by atoms with Crippen LogP contribution in [0.25, 0.3) is 10.9 Å². The van der Waals surface area contributed by atoms with Crippen LogP contribution in [-0.4, -0.2) is 81.9 Å². The summed E-state index contributed by atoms with van der Waals surface area (Å²) in [6, 6.07) is 1.11. The molecule has 1 fully saturated rings. The monoisotopic (exact) mass is 492 g/mol. The Morgan fingerprint density at radius 3 is 2.44 bits per heavy atom. The molecule has 1 aromatic carbocycles. The molecule has 3 rings (SSSR count). The molecular weight excluding hydrogens is 469 g/mol. The summed E-state index contributed by atoms with van der Waals surface area (Å²) in [5.74, 6) is -1.22. The number of carbonyl (C=O) groups excluding carboxylic acids is 1. The predicted molar refractivity (Wildman–Crippen MR) is 108 cm³/mol. The highest BCUT2D eigenvalue weighted by atomic mass is 19.4. The summed E-state index contributed by atoms with van der Waals surface area (Å²) in [5.41, 5.74) is -2.15. The maximum absolute atomic E-state index is 13.5. The molecule has 0 bridgehead atoms. The molecular formula is C20H23F3N2O9. The van der Waals surface area contributed by atoms with E-state index in [0.29, 0.717) is 6.07 Å². The highest BCUT2D eigenvalue weighted by molar-refractivity contribution is 5.87. The van der Waals surface area contributed by atoms with E-state index in [0.717, 1.165) is 16.7 Å². The minimum atomic E-state index is -4.84. The molecule has 5 N–H and O–H groups in total. The highest BCUT2D eigenvalue weighted by Crippen LogP contribution is 2.38. The molecule has 5 unspecified atom stereocenters. The van der Waals surface area contributed by atoms with Gasteiger partial charge in [-0.2, -0.15) is 13.2 Å². The molecule has 14 heteroatoms. The number of ether oxygens (including phenoxy) is 3. The number of aryl methyl sites for hydroxylation is 1. The molecule has 0 saturated carbocycles. The van der Waals surface area contributed by atoms with E-state index in [9.17, 15) is 38.1 Å².